The van der Waals surface area contributed by atoms with Gasteiger partial charge in [-0.1, -0.05) is 18.2 Å². The van der Waals surface area contributed by atoms with E-state index in [0.717, 1.165) is 43.2 Å². The van der Waals surface area contributed by atoms with Crippen molar-refractivity contribution in [2.45, 2.75) is 12.0 Å². The van der Waals surface area contributed by atoms with Crippen LogP contribution in [-0.4, -0.2) is 48.0 Å². The summed E-state index contributed by atoms with van der Waals surface area (Å²) in [5, 5.41) is 19.3. The summed E-state index contributed by atoms with van der Waals surface area (Å²) in [5.74, 6) is 1.41. The fourth-order valence-electron chi connectivity index (χ4n) is 3.69. The van der Waals surface area contributed by atoms with E-state index in [1.165, 1.54) is 0 Å². The Bertz CT molecular complexity index is 710. The average Bonchev–Trinajstić information content (AvgIpc) is 2.62. The Morgan fingerprint density at radius 2 is 1.62 bits per heavy atom. The zero-order valence-electron chi connectivity index (χ0n) is 13.4. The van der Waals surface area contributed by atoms with Crippen LogP contribution in [0.5, 0.6) is 17.2 Å². The van der Waals surface area contributed by atoms with Crippen LogP contribution in [0.3, 0.4) is 0 Å². The third-order valence-electron chi connectivity index (χ3n) is 4.88. The van der Waals surface area contributed by atoms with Crippen molar-refractivity contribution in [2.75, 3.05) is 32.9 Å². The van der Waals surface area contributed by atoms with Gasteiger partial charge >= 0.3 is 0 Å². The standard InChI is InChI=1S/C19H21NO4/c21-14-3-1-13(2-4-14)17-12-24-18-11-15(22)5-6-16(18)19(17)20-7-9-23-10-8-20/h1-6,11,17,19,21-22H,7-10,12H2. The van der Waals surface area contributed by atoms with Crippen LogP contribution in [0.1, 0.15) is 23.1 Å². The SMILES string of the molecule is Oc1ccc(C2COc3cc(O)ccc3C2N2CCOCC2)cc1. The van der Waals surface area contributed by atoms with E-state index in [1.54, 1.807) is 24.3 Å². The molecule has 2 aromatic rings. The number of rotatable bonds is 2. The lowest BCUT2D eigenvalue weighted by Gasteiger charge is -2.42. The lowest BCUT2D eigenvalue weighted by molar-refractivity contribution is 0.000372. The van der Waals surface area contributed by atoms with Crippen LogP contribution < -0.4 is 4.74 Å². The number of ether oxygens (including phenoxy) is 2. The van der Waals surface area contributed by atoms with Gasteiger partial charge in [-0.25, -0.2) is 0 Å². The molecule has 2 unspecified atom stereocenters. The minimum absolute atomic E-state index is 0.167. The van der Waals surface area contributed by atoms with Gasteiger partial charge in [-0.3, -0.25) is 4.90 Å². The first-order chi connectivity index (χ1) is 11.7. The van der Waals surface area contributed by atoms with E-state index in [0.29, 0.717) is 6.61 Å². The highest BCUT2D eigenvalue weighted by Gasteiger charge is 2.37. The molecule has 0 radical (unpaired) electrons. The van der Waals surface area contributed by atoms with Crippen LogP contribution in [0.25, 0.3) is 0 Å². The summed E-state index contributed by atoms with van der Waals surface area (Å²) >= 11 is 0. The first-order valence-electron chi connectivity index (χ1n) is 8.29. The molecule has 5 nitrogen and oxygen atoms in total. The second kappa shape index (κ2) is 6.34. The number of morpholine rings is 1. The van der Waals surface area contributed by atoms with Crippen molar-refractivity contribution in [2.24, 2.45) is 0 Å². The van der Waals surface area contributed by atoms with Crippen molar-refractivity contribution in [1.29, 1.82) is 0 Å². The molecular weight excluding hydrogens is 306 g/mol. The van der Waals surface area contributed by atoms with E-state index in [-0.39, 0.29) is 23.5 Å². The number of phenolic OH excluding ortho intramolecular Hbond substituents is 2. The van der Waals surface area contributed by atoms with Gasteiger partial charge in [-0.15, -0.1) is 0 Å². The maximum atomic E-state index is 9.76. The zero-order valence-corrected chi connectivity index (χ0v) is 13.4. The molecule has 2 aliphatic rings. The second-order valence-corrected chi connectivity index (χ2v) is 6.32. The van der Waals surface area contributed by atoms with E-state index in [9.17, 15) is 10.2 Å². The van der Waals surface area contributed by atoms with Gasteiger partial charge in [-0.2, -0.15) is 0 Å². The minimum Gasteiger partial charge on any atom is -0.508 e. The first kappa shape index (κ1) is 15.3. The number of hydrogen-bond acceptors (Lipinski definition) is 5. The van der Waals surface area contributed by atoms with Crippen molar-refractivity contribution < 1.29 is 19.7 Å². The largest absolute Gasteiger partial charge is 0.508 e. The Morgan fingerprint density at radius 3 is 2.38 bits per heavy atom. The highest BCUT2D eigenvalue weighted by molar-refractivity contribution is 5.46. The molecule has 2 atom stereocenters. The Balaban J connectivity index is 1.75. The van der Waals surface area contributed by atoms with Gasteiger partial charge in [0.25, 0.3) is 0 Å². The van der Waals surface area contributed by atoms with Crippen LogP contribution in [0, 0.1) is 0 Å². The van der Waals surface area contributed by atoms with Crippen molar-refractivity contribution >= 4 is 0 Å². The number of benzene rings is 2. The van der Waals surface area contributed by atoms with Crippen molar-refractivity contribution in [3.05, 3.63) is 53.6 Å². The molecule has 2 aliphatic heterocycles. The quantitative estimate of drug-likeness (QED) is 0.888. The molecule has 2 N–H and O–H groups in total. The van der Waals surface area contributed by atoms with E-state index >= 15 is 0 Å². The Hall–Kier alpha value is -2.24. The molecule has 0 aromatic heterocycles. The van der Waals surface area contributed by atoms with Gasteiger partial charge < -0.3 is 19.7 Å². The lowest BCUT2D eigenvalue weighted by Crippen LogP contribution is -2.43. The fourth-order valence-corrected chi connectivity index (χ4v) is 3.69. The smallest absolute Gasteiger partial charge is 0.127 e. The molecule has 2 aromatic carbocycles. The highest BCUT2D eigenvalue weighted by atomic mass is 16.5. The van der Waals surface area contributed by atoms with Crippen LogP contribution in [0.4, 0.5) is 0 Å². The number of phenols is 2. The number of fused-ring (bicyclic) bond motifs is 1. The van der Waals surface area contributed by atoms with Crippen LogP contribution in [0.15, 0.2) is 42.5 Å². The lowest BCUT2D eigenvalue weighted by atomic mass is 9.84. The van der Waals surface area contributed by atoms with E-state index in [4.69, 9.17) is 9.47 Å². The molecule has 0 bridgehead atoms. The summed E-state index contributed by atoms with van der Waals surface area (Å²) in [6, 6.07) is 12.9. The molecule has 126 valence electrons. The topological polar surface area (TPSA) is 62.2 Å². The van der Waals surface area contributed by atoms with Gasteiger partial charge in [-0.05, 0) is 23.8 Å². The first-order valence-corrected chi connectivity index (χ1v) is 8.29. The predicted molar refractivity (Wildman–Crippen MR) is 89.6 cm³/mol. The molecule has 0 aliphatic carbocycles. The summed E-state index contributed by atoms with van der Waals surface area (Å²) in [5.41, 5.74) is 2.24. The normalized spacial score (nSPS) is 24.2. The molecule has 24 heavy (non-hydrogen) atoms. The van der Waals surface area contributed by atoms with Crippen LogP contribution >= 0.6 is 0 Å². The third kappa shape index (κ3) is 2.81. The summed E-state index contributed by atoms with van der Waals surface area (Å²) < 4.78 is 11.5. The van der Waals surface area contributed by atoms with Gasteiger partial charge in [0.15, 0.2) is 0 Å². The van der Waals surface area contributed by atoms with Crippen molar-refractivity contribution in [1.82, 2.24) is 4.90 Å². The molecular formula is C19H21NO4. The molecule has 1 saturated heterocycles. The van der Waals surface area contributed by atoms with E-state index in [1.807, 2.05) is 18.2 Å². The monoisotopic (exact) mass is 327 g/mol. The fraction of sp³-hybridized carbons (Fsp3) is 0.368. The summed E-state index contributed by atoms with van der Waals surface area (Å²) in [4.78, 5) is 2.43. The van der Waals surface area contributed by atoms with Crippen LogP contribution in [0.2, 0.25) is 0 Å². The molecule has 0 saturated carbocycles. The summed E-state index contributed by atoms with van der Waals surface area (Å²) in [6.45, 7) is 3.75. The van der Waals surface area contributed by atoms with Gasteiger partial charge in [0.05, 0.1) is 19.8 Å². The van der Waals surface area contributed by atoms with Crippen molar-refractivity contribution in [3.8, 4) is 17.2 Å². The van der Waals surface area contributed by atoms with Gasteiger partial charge in [0, 0.05) is 36.7 Å². The Morgan fingerprint density at radius 1 is 0.917 bits per heavy atom. The Labute approximate surface area is 141 Å². The molecule has 2 heterocycles. The predicted octanol–water partition coefficient (Wildman–Crippen LogP) is 2.65. The van der Waals surface area contributed by atoms with Crippen molar-refractivity contribution in [3.63, 3.8) is 0 Å². The molecule has 4 rings (SSSR count). The highest BCUT2D eigenvalue weighted by Crippen LogP contribution is 2.45. The molecule has 5 heteroatoms. The van der Waals surface area contributed by atoms with E-state index in [2.05, 4.69) is 4.90 Å². The minimum atomic E-state index is 0.167. The van der Waals surface area contributed by atoms with E-state index < -0.39 is 0 Å². The van der Waals surface area contributed by atoms with Gasteiger partial charge in [0.2, 0.25) is 0 Å². The summed E-state index contributed by atoms with van der Waals surface area (Å²) in [7, 11) is 0. The zero-order chi connectivity index (χ0) is 16.5. The number of hydrogen-bond donors (Lipinski definition) is 2. The maximum Gasteiger partial charge on any atom is 0.127 e. The third-order valence-corrected chi connectivity index (χ3v) is 4.88. The van der Waals surface area contributed by atoms with Gasteiger partial charge in [0.1, 0.15) is 17.2 Å². The summed E-state index contributed by atoms with van der Waals surface area (Å²) in [6.07, 6.45) is 0. The Kier molecular flexibility index (Phi) is 4.04. The average molecular weight is 327 g/mol. The van der Waals surface area contributed by atoms with Crippen LogP contribution in [-0.2, 0) is 4.74 Å². The number of aromatic hydroxyl groups is 2. The maximum absolute atomic E-state index is 9.76. The second-order valence-electron chi connectivity index (χ2n) is 6.32. The molecule has 0 amide bonds. The number of nitrogens with zero attached hydrogens (tertiary/aromatic N) is 1. The molecule has 1 fully saturated rings. The molecule has 0 spiro atoms.